The Morgan fingerprint density at radius 3 is 2.88 bits per heavy atom. The fourth-order valence-corrected chi connectivity index (χ4v) is 3.87. The van der Waals surface area contributed by atoms with Crippen LogP contribution in [0.2, 0.25) is 0 Å². The summed E-state index contributed by atoms with van der Waals surface area (Å²) in [4.78, 5) is 18.4. The third-order valence-corrected chi connectivity index (χ3v) is 5.36. The Morgan fingerprint density at radius 1 is 1.38 bits per heavy atom. The van der Waals surface area contributed by atoms with Gasteiger partial charge in [-0.3, -0.25) is 9.69 Å². The molecule has 0 amide bonds. The normalized spacial score (nSPS) is 11.4. The monoisotopic (exact) mass is 391 g/mol. The molecule has 0 atom stereocenters. The molecule has 0 radical (unpaired) electrons. The van der Waals surface area contributed by atoms with Crippen LogP contribution in [-0.2, 0) is 36.2 Å². The van der Waals surface area contributed by atoms with Gasteiger partial charge in [0, 0.05) is 7.05 Å². The molecule has 1 aromatic carbocycles. The number of rotatable bonds is 7. The van der Waals surface area contributed by atoms with Gasteiger partial charge in [0.05, 0.1) is 30.0 Å². The molecule has 2 aromatic heterocycles. The van der Waals surface area contributed by atoms with Gasteiger partial charge in [0.25, 0.3) is 0 Å². The molecular formula is C17H21N5O2S2. The summed E-state index contributed by atoms with van der Waals surface area (Å²) >= 11 is 7.13. The van der Waals surface area contributed by atoms with Crippen molar-refractivity contribution in [2.24, 2.45) is 7.05 Å². The first-order valence-electron chi connectivity index (χ1n) is 8.29. The van der Waals surface area contributed by atoms with Gasteiger partial charge in [-0.25, -0.2) is 9.67 Å². The van der Waals surface area contributed by atoms with Gasteiger partial charge < -0.3 is 9.30 Å². The topological polar surface area (TPSA) is 65.2 Å². The van der Waals surface area contributed by atoms with E-state index in [-0.39, 0.29) is 12.4 Å². The molecule has 0 aliphatic carbocycles. The summed E-state index contributed by atoms with van der Waals surface area (Å²) in [6, 6.07) is 8.11. The van der Waals surface area contributed by atoms with E-state index >= 15 is 0 Å². The van der Waals surface area contributed by atoms with Crippen molar-refractivity contribution in [3.63, 3.8) is 0 Å². The number of carbonyl (C=O) groups is 1. The number of aromatic nitrogens is 4. The second-order valence-corrected chi connectivity index (χ2v) is 7.45. The number of fused-ring (bicyclic) bond motifs is 1. The lowest BCUT2D eigenvalue weighted by atomic mass is 10.3. The highest BCUT2D eigenvalue weighted by molar-refractivity contribution is 7.71. The van der Waals surface area contributed by atoms with Crippen LogP contribution >= 0.6 is 23.6 Å². The summed E-state index contributed by atoms with van der Waals surface area (Å²) in [6.07, 6.45) is 0.114. The van der Waals surface area contributed by atoms with E-state index in [0.717, 1.165) is 10.5 Å². The lowest BCUT2D eigenvalue weighted by Gasteiger charge is -2.14. The molecule has 0 fully saturated rings. The summed E-state index contributed by atoms with van der Waals surface area (Å²) in [6.45, 7) is 3.36. The maximum absolute atomic E-state index is 11.7. The predicted octanol–water partition coefficient (Wildman–Crippen LogP) is 2.76. The largest absolute Gasteiger partial charge is 0.466 e. The van der Waals surface area contributed by atoms with Gasteiger partial charge >= 0.3 is 5.97 Å². The Balaban J connectivity index is 1.69. The molecule has 2 heterocycles. The van der Waals surface area contributed by atoms with Gasteiger partial charge in [-0.2, -0.15) is 5.10 Å². The molecule has 0 bridgehead atoms. The summed E-state index contributed by atoms with van der Waals surface area (Å²) in [5, 5.41) is 5.52. The molecule has 7 nitrogen and oxygen atoms in total. The fraction of sp³-hybridized carbons (Fsp3) is 0.412. The summed E-state index contributed by atoms with van der Waals surface area (Å²) < 4.78 is 10.2. The van der Waals surface area contributed by atoms with Crippen LogP contribution in [-0.4, -0.2) is 43.9 Å². The third-order valence-electron chi connectivity index (χ3n) is 3.86. The van der Waals surface area contributed by atoms with Crippen molar-refractivity contribution >= 4 is 39.7 Å². The van der Waals surface area contributed by atoms with Crippen molar-refractivity contribution < 1.29 is 9.53 Å². The summed E-state index contributed by atoms with van der Waals surface area (Å²) in [7, 11) is 3.81. The molecule has 0 N–H and O–H groups in total. The number of hydrogen-bond donors (Lipinski definition) is 0. The standard InChI is InChI=1S/C17H21N5O2S2/c1-4-24-16(23)9-14-19-22(17(25)21(14)3)11-20(2)10-15-18-12-7-5-6-8-13(12)26-15/h5-8H,4,9-11H2,1-3H3. The Hall–Kier alpha value is -2.10. The average Bonchev–Trinajstić information content (AvgIpc) is 3.11. The van der Waals surface area contributed by atoms with E-state index in [2.05, 4.69) is 21.0 Å². The van der Waals surface area contributed by atoms with Crippen LogP contribution in [0.25, 0.3) is 10.2 Å². The van der Waals surface area contributed by atoms with Crippen molar-refractivity contribution in [3.05, 3.63) is 39.9 Å². The quantitative estimate of drug-likeness (QED) is 0.456. The van der Waals surface area contributed by atoms with Gasteiger partial charge in [0.1, 0.15) is 17.3 Å². The molecule has 0 unspecified atom stereocenters. The van der Waals surface area contributed by atoms with Gasteiger partial charge in [0.15, 0.2) is 4.77 Å². The van der Waals surface area contributed by atoms with Crippen molar-refractivity contribution in [1.29, 1.82) is 0 Å². The van der Waals surface area contributed by atoms with Crippen molar-refractivity contribution in [3.8, 4) is 0 Å². The van der Waals surface area contributed by atoms with Gasteiger partial charge in [-0.15, -0.1) is 11.3 Å². The van der Waals surface area contributed by atoms with Crippen LogP contribution in [0.5, 0.6) is 0 Å². The average molecular weight is 392 g/mol. The van der Waals surface area contributed by atoms with E-state index in [1.165, 1.54) is 4.70 Å². The molecule has 138 valence electrons. The smallest absolute Gasteiger partial charge is 0.313 e. The molecule has 0 spiro atoms. The van der Waals surface area contributed by atoms with Crippen molar-refractivity contribution in [2.45, 2.75) is 26.6 Å². The lowest BCUT2D eigenvalue weighted by Crippen LogP contribution is -2.22. The number of benzene rings is 1. The molecule has 3 aromatic rings. The number of esters is 1. The minimum absolute atomic E-state index is 0.114. The van der Waals surface area contributed by atoms with E-state index in [1.54, 1.807) is 27.5 Å². The molecule has 26 heavy (non-hydrogen) atoms. The minimum Gasteiger partial charge on any atom is -0.466 e. The van der Waals surface area contributed by atoms with Gasteiger partial charge in [-0.1, -0.05) is 12.1 Å². The number of nitrogens with zero attached hydrogens (tertiary/aromatic N) is 5. The zero-order valence-electron chi connectivity index (χ0n) is 15.0. The molecule has 0 aliphatic heterocycles. The first kappa shape index (κ1) is 18.7. The second-order valence-electron chi connectivity index (χ2n) is 5.97. The van der Waals surface area contributed by atoms with Crippen LogP contribution in [0.15, 0.2) is 24.3 Å². The summed E-state index contributed by atoms with van der Waals surface area (Å²) in [5.41, 5.74) is 1.02. The van der Waals surface area contributed by atoms with E-state index in [0.29, 0.717) is 30.4 Å². The maximum Gasteiger partial charge on any atom is 0.313 e. The van der Waals surface area contributed by atoms with Crippen molar-refractivity contribution in [1.82, 2.24) is 24.2 Å². The summed E-state index contributed by atoms with van der Waals surface area (Å²) in [5.74, 6) is 0.299. The number of carbonyl (C=O) groups excluding carboxylic acids is 1. The minimum atomic E-state index is -0.300. The predicted molar refractivity (Wildman–Crippen MR) is 103 cm³/mol. The Bertz CT molecular complexity index is 942. The van der Waals surface area contributed by atoms with Crippen LogP contribution in [0.3, 0.4) is 0 Å². The van der Waals surface area contributed by atoms with Crippen molar-refractivity contribution in [2.75, 3.05) is 13.7 Å². The van der Waals surface area contributed by atoms with E-state index in [9.17, 15) is 4.79 Å². The fourth-order valence-electron chi connectivity index (χ4n) is 2.62. The molecular weight excluding hydrogens is 370 g/mol. The molecule has 0 saturated heterocycles. The van der Waals surface area contributed by atoms with Gasteiger partial charge in [-0.05, 0) is 38.3 Å². The van der Waals surface area contributed by atoms with Gasteiger partial charge in [0.2, 0.25) is 0 Å². The first-order chi connectivity index (χ1) is 12.5. The van der Waals surface area contributed by atoms with Crippen LogP contribution < -0.4 is 0 Å². The second kappa shape index (κ2) is 8.07. The number of thiazole rings is 1. The Kier molecular flexibility index (Phi) is 5.80. The number of para-hydroxylation sites is 1. The highest BCUT2D eigenvalue weighted by Crippen LogP contribution is 2.22. The van der Waals surface area contributed by atoms with Crippen LogP contribution in [0.4, 0.5) is 0 Å². The zero-order valence-corrected chi connectivity index (χ0v) is 16.6. The number of hydrogen-bond acceptors (Lipinski definition) is 7. The molecule has 9 heteroatoms. The third kappa shape index (κ3) is 4.17. The molecule has 3 rings (SSSR count). The van der Waals surface area contributed by atoms with E-state index in [1.807, 2.05) is 32.3 Å². The van der Waals surface area contributed by atoms with Crippen LogP contribution in [0, 0.1) is 4.77 Å². The van der Waals surface area contributed by atoms with Crippen LogP contribution in [0.1, 0.15) is 17.8 Å². The SMILES string of the molecule is CCOC(=O)Cc1nn(CN(C)Cc2nc3ccccc3s2)c(=S)n1C. The Morgan fingerprint density at radius 2 is 2.15 bits per heavy atom. The maximum atomic E-state index is 11.7. The lowest BCUT2D eigenvalue weighted by molar-refractivity contribution is -0.142. The Labute approximate surface area is 160 Å². The highest BCUT2D eigenvalue weighted by atomic mass is 32.1. The molecule has 0 aliphatic rings. The van der Waals surface area contributed by atoms with E-state index < -0.39 is 0 Å². The first-order valence-corrected chi connectivity index (χ1v) is 9.51. The zero-order chi connectivity index (χ0) is 18.7. The molecule has 0 saturated carbocycles. The number of ether oxygens (including phenoxy) is 1. The highest BCUT2D eigenvalue weighted by Gasteiger charge is 2.14. The van der Waals surface area contributed by atoms with E-state index in [4.69, 9.17) is 17.0 Å².